The number of aryl methyl sites for hydroxylation is 1. The highest BCUT2D eigenvalue weighted by atomic mass is 32.1. The lowest BCUT2D eigenvalue weighted by atomic mass is 9.82. The van der Waals surface area contributed by atoms with Crippen molar-refractivity contribution < 1.29 is 5.48 Å². The van der Waals surface area contributed by atoms with Crippen molar-refractivity contribution in [1.82, 2.24) is 4.98 Å². The van der Waals surface area contributed by atoms with E-state index in [1.54, 1.807) is 11.3 Å². The maximum atomic E-state index is 8.95. The van der Waals surface area contributed by atoms with E-state index in [-0.39, 0.29) is 35.1 Å². The highest BCUT2D eigenvalue weighted by Gasteiger charge is 2.21. The molecular formula is C31H33NS. The van der Waals surface area contributed by atoms with Crippen molar-refractivity contribution in [2.24, 2.45) is 5.41 Å². The number of benzene rings is 3. The fourth-order valence-electron chi connectivity index (χ4n) is 4.63. The molecule has 2 aromatic heterocycles. The Morgan fingerprint density at radius 3 is 2.33 bits per heavy atom. The zero-order chi connectivity index (χ0) is 27.0. The molecule has 0 spiro atoms. The number of fused-ring (bicyclic) bond motifs is 4. The topological polar surface area (TPSA) is 12.9 Å². The maximum absolute atomic E-state index is 8.95. The first kappa shape index (κ1) is 17.7. The summed E-state index contributed by atoms with van der Waals surface area (Å²) in [6, 6.07) is 13.0. The van der Waals surface area contributed by atoms with Crippen LogP contribution in [0.15, 0.2) is 60.7 Å². The lowest BCUT2D eigenvalue weighted by Gasteiger charge is -2.22. The summed E-state index contributed by atoms with van der Waals surface area (Å²) < 4.78 is 36.9. The number of aromatic nitrogens is 1. The SMILES string of the molecule is [2H]c1nc(-c2cc(C(C)(C)C)c3ccccc3c2)c2sc3c(C)c(CC(C)(C)C)c([2H])c([2H])c3c2c1[2H]. The monoisotopic (exact) mass is 455 g/mol. The van der Waals surface area contributed by atoms with Gasteiger partial charge in [0.25, 0.3) is 0 Å². The van der Waals surface area contributed by atoms with E-state index < -0.39 is 0 Å². The van der Waals surface area contributed by atoms with Gasteiger partial charge >= 0.3 is 0 Å². The van der Waals surface area contributed by atoms with Crippen LogP contribution < -0.4 is 0 Å². The van der Waals surface area contributed by atoms with E-state index in [1.165, 1.54) is 10.9 Å². The molecule has 2 heteroatoms. The van der Waals surface area contributed by atoms with Crippen LogP contribution in [0.3, 0.4) is 0 Å². The maximum Gasteiger partial charge on any atom is 0.0880 e. The average molecular weight is 456 g/mol. The predicted octanol–water partition coefficient (Wildman–Crippen LogP) is 9.46. The molecule has 5 rings (SSSR count). The third-order valence-corrected chi connectivity index (χ3v) is 7.57. The van der Waals surface area contributed by atoms with E-state index in [2.05, 4.69) is 76.9 Å². The van der Waals surface area contributed by atoms with E-state index in [0.717, 1.165) is 31.5 Å². The minimum Gasteiger partial charge on any atom is -0.255 e. The van der Waals surface area contributed by atoms with Crippen molar-refractivity contribution in [2.45, 2.75) is 60.3 Å². The van der Waals surface area contributed by atoms with E-state index in [0.29, 0.717) is 22.9 Å². The van der Waals surface area contributed by atoms with E-state index in [1.807, 2.05) is 13.0 Å². The summed E-state index contributed by atoms with van der Waals surface area (Å²) in [5, 5.41) is 3.49. The summed E-state index contributed by atoms with van der Waals surface area (Å²) >= 11 is 1.55. The molecule has 0 aliphatic carbocycles. The second-order valence-electron chi connectivity index (χ2n) is 11.3. The van der Waals surface area contributed by atoms with Gasteiger partial charge in [0.1, 0.15) is 0 Å². The zero-order valence-electron chi connectivity index (χ0n) is 24.5. The summed E-state index contributed by atoms with van der Waals surface area (Å²) in [6.07, 6.45) is 0.602. The molecule has 33 heavy (non-hydrogen) atoms. The van der Waals surface area contributed by atoms with Crippen LogP contribution in [0, 0.1) is 12.3 Å². The quantitative estimate of drug-likeness (QED) is 0.258. The molecule has 0 bridgehead atoms. The Morgan fingerprint density at radius 2 is 1.61 bits per heavy atom. The van der Waals surface area contributed by atoms with Crippen LogP contribution in [0.4, 0.5) is 0 Å². The third kappa shape index (κ3) is 3.95. The Morgan fingerprint density at radius 1 is 0.879 bits per heavy atom. The van der Waals surface area contributed by atoms with Gasteiger partial charge in [-0.25, -0.2) is 0 Å². The summed E-state index contributed by atoms with van der Waals surface area (Å²) in [7, 11) is 0. The first-order valence-electron chi connectivity index (χ1n) is 13.5. The molecule has 0 aliphatic heterocycles. The standard InChI is InChI=1S/C31H33NS/c1-19-21(18-30(2,3)4)12-13-24-25-14-15-32-27(29(25)33-28(19)24)22-16-20-10-8-9-11-23(20)26(17-22)31(5,6)7/h8-17H,18H2,1-7H3/i12D,13D,14D,15D. The summed E-state index contributed by atoms with van der Waals surface area (Å²) in [5.41, 5.74) is 4.57. The van der Waals surface area contributed by atoms with Crippen LogP contribution >= 0.6 is 11.3 Å². The Bertz CT molecular complexity index is 1720. The lowest BCUT2D eigenvalue weighted by molar-refractivity contribution is 0.410. The molecule has 0 N–H and O–H groups in total. The molecule has 0 saturated heterocycles. The van der Waals surface area contributed by atoms with E-state index in [4.69, 9.17) is 5.48 Å². The zero-order valence-corrected chi connectivity index (χ0v) is 21.3. The van der Waals surface area contributed by atoms with Gasteiger partial charge in [-0.3, -0.25) is 4.98 Å². The van der Waals surface area contributed by atoms with Crippen LogP contribution in [0.25, 0.3) is 42.2 Å². The fourth-order valence-corrected chi connectivity index (χ4v) is 5.88. The third-order valence-electron chi connectivity index (χ3n) is 6.25. The number of rotatable bonds is 2. The second-order valence-corrected chi connectivity index (χ2v) is 12.3. The number of hydrogen-bond donors (Lipinski definition) is 0. The molecule has 5 aromatic rings. The van der Waals surface area contributed by atoms with Gasteiger partial charge in [0.15, 0.2) is 0 Å². The van der Waals surface area contributed by atoms with Crippen molar-refractivity contribution in [3.05, 3.63) is 77.4 Å². The normalized spacial score (nSPS) is 14.5. The first-order chi connectivity index (χ1) is 17.2. The smallest absolute Gasteiger partial charge is 0.0880 e. The molecule has 1 nitrogen and oxygen atoms in total. The largest absolute Gasteiger partial charge is 0.255 e. The van der Waals surface area contributed by atoms with Gasteiger partial charge in [-0.05, 0) is 69.8 Å². The number of pyridine rings is 1. The van der Waals surface area contributed by atoms with Crippen LogP contribution in [0.5, 0.6) is 0 Å². The number of nitrogens with zero attached hydrogens (tertiary/aromatic N) is 1. The highest BCUT2D eigenvalue weighted by molar-refractivity contribution is 7.26. The van der Waals surface area contributed by atoms with E-state index in [9.17, 15) is 0 Å². The Kier molecular flexibility index (Phi) is 4.12. The minimum atomic E-state index is -0.102. The molecule has 0 fully saturated rings. The molecule has 0 atom stereocenters. The Labute approximate surface area is 207 Å². The second kappa shape index (κ2) is 7.67. The van der Waals surface area contributed by atoms with Gasteiger partial charge in [0.05, 0.1) is 15.9 Å². The molecule has 3 aromatic carbocycles. The van der Waals surface area contributed by atoms with Crippen LogP contribution in [0.1, 0.15) is 63.7 Å². The molecule has 0 unspecified atom stereocenters. The van der Waals surface area contributed by atoms with Gasteiger partial charge in [-0.15, -0.1) is 11.3 Å². The van der Waals surface area contributed by atoms with E-state index >= 15 is 0 Å². The van der Waals surface area contributed by atoms with Crippen LogP contribution in [-0.4, -0.2) is 4.98 Å². The highest BCUT2D eigenvalue weighted by Crippen LogP contribution is 2.43. The van der Waals surface area contributed by atoms with Gasteiger partial charge in [0.2, 0.25) is 0 Å². The number of hydrogen-bond acceptors (Lipinski definition) is 2. The summed E-state index contributed by atoms with van der Waals surface area (Å²) in [5.74, 6) is 0. The van der Waals surface area contributed by atoms with Crippen molar-refractivity contribution in [3.8, 4) is 11.3 Å². The van der Waals surface area contributed by atoms with Gasteiger partial charge in [-0.2, -0.15) is 0 Å². The van der Waals surface area contributed by atoms with Gasteiger partial charge < -0.3 is 0 Å². The van der Waals surface area contributed by atoms with Crippen molar-refractivity contribution in [2.75, 3.05) is 0 Å². The Balaban J connectivity index is 1.91. The van der Waals surface area contributed by atoms with Crippen molar-refractivity contribution in [3.63, 3.8) is 0 Å². The molecule has 0 amide bonds. The van der Waals surface area contributed by atoms with Crippen molar-refractivity contribution in [1.29, 1.82) is 0 Å². The minimum absolute atomic E-state index is 0.0204. The predicted molar refractivity (Wildman–Crippen MR) is 147 cm³/mol. The molecule has 168 valence electrons. The summed E-state index contributed by atoms with van der Waals surface area (Å²) in [4.78, 5) is 4.64. The molecule has 2 heterocycles. The van der Waals surface area contributed by atoms with Gasteiger partial charge in [0, 0.05) is 27.2 Å². The first-order valence-corrected chi connectivity index (χ1v) is 12.4. The number of thiophene rings is 1. The Hall–Kier alpha value is -2.71. The fraction of sp³-hybridized carbons (Fsp3) is 0.323. The average Bonchev–Trinajstić information content (AvgIpc) is 3.22. The molecule has 0 saturated carbocycles. The van der Waals surface area contributed by atoms with Crippen LogP contribution in [0.2, 0.25) is 0 Å². The van der Waals surface area contributed by atoms with Crippen LogP contribution in [-0.2, 0) is 11.8 Å². The molecular weight excluding hydrogens is 418 g/mol. The van der Waals surface area contributed by atoms with Crippen molar-refractivity contribution >= 4 is 42.3 Å². The van der Waals surface area contributed by atoms with Gasteiger partial charge in [-0.1, -0.05) is 77.9 Å². The summed E-state index contributed by atoms with van der Waals surface area (Å²) in [6.45, 7) is 15.1. The lowest BCUT2D eigenvalue weighted by Crippen LogP contribution is -2.12. The molecule has 0 radical (unpaired) electrons. The molecule has 0 aliphatic rings.